The predicted molar refractivity (Wildman–Crippen MR) is 71.4 cm³/mol. The molecule has 0 saturated carbocycles. The van der Waals surface area contributed by atoms with E-state index in [9.17, 15) is 18.0 Å². The van der Waals surface area contributed by atoms with Gasteiger partial charge in [0.2, 0.25) is 0 Å². The van der Waals surface area contributed by atoms with Crippen LogP contribution in [0.2, 0.25) is 0 Å². The number of hydrogen-bond donors (Lipinski definition) is 0. The zero-order valence-electron chi connectivity index (χ0n) is 11.7. The summed E-state index contributed by atoms with van der Waals surface area (Å²) < 4.78 is 41.9. The van der Waals surface area contributed by atoms with Crippen molar-refractivity contribution in [3.8, 4) is 5.75 Å². The molecule has 21 heavy (non-hydrogen) atoms. The molecule has 0 unspecified atom stereocenters. The van der Waals surface area contributed by atoms with E-state index in [2.05, 4.69) is 0 Å². The molecule has 4 nitrogen and oxygen atoms in total. The van der Waals surface area contributed by atoms with Crippen LogP contribution in [0.1, 0.15) is 10.4 Å². The number of carbonyl (C=O) groups excluding carboxylic acids is 1. The number of carbonyl (C=O) groups is 1. The maximum atomic E-state index is 12.3. The minimum Gasteiger partial charge on any atom is -0.497 e. The molecule has 1 saturated heterocycles. The summed E-state index contributed by atoms with van der Waals surface area (Å²) in [6, 6.07) is 6.69. The zero-order valence-corrected chi connectivity index (χ0v) is 11.7. The third kappa shape index (κ3) is 4.35. The summed E-state index contributed by atoms with van der Waals surface area (Å²) in [4.78, 5) is 15.1. The number of alkyl halides is 3. The van der Waals surface area contributed by atoms with E-state index in [-0.39, 0.29) is 19.0 Å². The molecule has 0 aliphatic carbocycles. The molecule has 1 aliphatic heterocycles. The van der Waals surface area contributed by atoms with Crippen molar-refractivity contribution in [2.45, 2.75) is 6.18 Å². The maximum absolute atomic E-state index is 12.3. The number of piperazine rings is 1. The Morgan fingerprint density at radius 3 is 2.19 bits per heavy atom. The van der Waals surface area contributed by atoms with Crippen LogP contribution in [0.3, 0.4) is 0 Å². The van der Waals surface area contributed by atoms with Gasteiger partial charge in [-0.3, -0.25) is 9.69 Å². The summed E-state index contributed by atoms with van der Waals surface area (Å²) in [6.07, 6.45) is -4.19. The summed E-state index contributed by atoms with van der Waals surface area (Å²) in [7, 11) is 1.54. The van der Waals surface area contributed by atoms with E-state index in [1.807, 2.05) is 0 Å². The Balaban J connectivity index is 1.90. The Morgan fingerprint density at radius 2 is 1.71 bits per heavy atom. The van der Waals surface area contributed by atoms with Gasteiger partial charge in [-0.2, -0.15) is 13.2 Å². The molecule has 0 atom stereocenters. The molecule has 7 heteroatoms. The molecular formula is C14H17F3N2O2. The quantitative estimate of drug-likeness (QED) is 0.856. The third-order valence-electron chi connectivity index (χ3n) is 3.40. The molecule has 1 heterocycles. The van der Waals surface area contributed by atoms with Crippen LogP contribution in [0, 0.1) is 0 Å². The van der Waals surface area contributed by atoms with E-state index < -0.39 is 12.7 Å². The molecule has 1 aromatic carbocycles. The third-order valence-corrected chi connectivity index (χ3v) is 3.40. The number of rotatable bonds is 3. The van der Waals surface area contributed by atoms with Gasteiger partial charge in [0.1, 0.15) is 5.75 Å². The second kappa shape index (κ2) is 6.34. The van der Waals surface area contributed by atoms with E-state index >= 15 is 0 Å². The molecule has 0 aromatic heterocycles. The molecule has 1 aliphatic rings. The maximum Gasteiger partial charge on any atom is 0.401 e. The number of methoxy groups -OCH3 is 1. The Morgan fingerprint density at radius 1 is 1.14 bits per heavy atom. The van der Waals surface area contributed by atoms with Crippen LogP contribution < -0.4 is 4.74 Å². The fourth-order valence-corrected chi connectivity index (χ4v) is 2.28. The van der Waals surface area contributed by atoms with E-state index in [1.54, 1.807) is 29.2 Å². The van der Waals surface area contributed by atoms with Gasteiger partial charge in [0.05, 0.1) is 13.7 Å². The highest BCUT2D eigenvalue weighted by molar-refractivity contribution is 5.94. The number of ether oxygens (including phenoxy) is 1. The largest absolute Gasteiger partial charge is 0.497 e. The fourth-order valence-electron chi connectivity index (χ4n) is 2.28. The van der Waals surface area contributed by atoms with Gasteiger partial charge >= 0.3 is 6.18 Å². The first-order valence-corrected chi connectivity index (χ1v) is 6.61. The van der Waals surface area contributed by atoms with Crippen LogP contribution in [0.15, 0.2) is 24.3 Å². The Bertz CT molecular complexity index is 480. The van der Waals surface area contributed by atoms with Gasteiger partial charge in [0, 0.05) is 31.7 Å². The lowest BCUT2D eigenvalue weighted by Gasteiger charge is -2.35. The molecule has 0 bridgehead atoms. The Labute approximate surface area is 121 Å². The Hall–Kier alpha value is -1.76. The molecule has 0 radical (unpaired) electrons. The first-order chi connectivity index (χ1) is 9.89. The minimum absolute atomic E-state index is 0.163. The van der Waals surface area contributed by atoms with Gasteiger partial charge in [0.15, 0.2) is 0 Å². The first kappa shape index (κ1) is 15.6. The summed E-state index contributed by atoms with van der Waals surface area (Å²) in [5.74, 6) is 0.492. The van der Waals surface area contributed by atoms with Crippen molar-refractivity contribution in [2.75, 3.05) is 39.8 Å². The lowest BCUT2D eigenvalue weighted by Crippen LogP contribution is -2.50. The van der Waals surface area contributed by atoms with Crippen molar-refractivity contribution in [2.24, 2.45) is 0 Å². The second-order valence-electron chi connectivity index (χ2n) is 4.91. The number of halogens is 3. The van der Waals surface area contributed by atoms with Crippen molar-refractivity contribution < 1.29 is 22.7 Å². The van der Waals surface area contributed by atoms with E-state index in [0.29, 0.717) is 24.4 Å². The average Bonchev–Trinajstić information content (AvgIpc) is 2.46. The van der Waals surface area contributed by atoms with Gasteiger partial charge in [0.25, 0.3) is 5.91 Å². The molecule has 0 N–H and O–H groups in total. The second-order valence-corrected chi connectivity index (χ2v) is 4.91. The highest BCUT2D eigenvalue weighted by Crippen LogP contribution is 2.18. The summed E-state index contributed by atoms with van der Waals surface area (Å²) in [5, 5.41) is 0. The zero-order chi connectivity index (χ0) is 15.5. The van der Waals surface area contributed by atoms with Crippen LogP contribution in [0.4, 0.5) is 13.2 Å². The van der Waals surface area contributed by atoms with Crippen molar-refractivity contribution in [1.82, 2.24) is 9.80 Å². The normalized spacial score (nSPS) is 16.9. The summed E-state index contributed by atoms with van der Waals surface area (Å²) in [5.41, 5.74) is 0.514. The minimum atomic E-state index is -4.19. The van der Waals surface area contributed by atoms with Crippen molar-refractivity contribution in [3.63, 3.8) is 0 Å². The van der Waals surface area contributed by atoms with Crippen molar-refractivity contribution in [3.05, 3.63) is 29.8 Å². The van der Waals surface area contributed by atoms with Gasteiger partial charge in [-0.1, -0.05) is 0 Å². The standard InChI is InChI=1S/C14H17F3N2O2/c1-21-12-4-2-11(3-5-12)13(20)19-8-6-18(7-9-19)10-14(15,16)17/h2-5H,6-10H2,1H3. The van der Waals surface area contributed by atoms with E-state index in [1.165, 1.54) is 12.0 Å². The molecule has 1 amide bonds. The molecule has 2 rings (SSSR count). The summed E-state index contributed by atoms with van der Waals surface area (Å²) >= 11 is 0. The smallest absolute Gasteiger partial charge is 0.401 e. The van der Waals surface area contributed by atoms with Crippen molar-refractivity contribution >= 4 is 5.91 Å². The SMILES string of the molecule is COc1ccc(C(=O)N2CCN(CC(F)(F)F)CC2)cc1. The van der Waals surface area contributed by atoms with E-state index in [4.69, 9.17) is 4.74 Å². The lowest BCUT2D eigenvalue weighted by molar-refractivity contribution is -0.148. The number of hydrogen-bond acceptors (Lipinski definition) is 3. The molecule has 1 fully saturated rings. The fraction of sp³-hybridized carbons (Fsp3) is 0.500. The van der Waals surface area contributed by atoms with Crippen LogP contribution in [0.25, 0.3) is 0 Å². The number of amides is 1. The highest BCUT2D eigenvalue weighted by Gasteiger charge is 2.32. The van der Waals surface area contributed by atoms with Gasteiger partial charge < -0.3 is 9.64 Å². The van der Waals surface area contributed by atoms with Crippen LogP contribution in [-0.2, 0) is 0 Å². The molecular weight excluding hydrogens is 285 g/mol. The molecule has 1 aromatic rings. The average molecular weight is 302 g/mol. The number of nitrogens with zero attached hydrogens (tertiary/aromatic N) is 2. The lowest BCUT2D eigenvalue weighted by atomic mass is 10.1. The topological polar surface area (TPSA) is 32.8 Å². The van der Waals surface area contributed by atoms with E-state index in [0.717, 1.165) is 0 Å². The molecule has 116 valence electrons. The van der Waals surface area contributed by atoms with Gasteiger partial charge in [-0.25, -0.2) is 0 Å². The van der Waals surface area contributed by atoms with Crippen molar-refractivity contribution in [1.29, 1.82) is 0 Å². The first-order valence-electron chi connectivity index (χ1n) is 6.61. The summed E-state index contributed by atoms with van der Waals surface area (Å²) in [6.45, 7) is 0.169. The van der Waals surface area contributed by atoms with Crippen LogP contribution >= 0.6 is 0 Å². The van der Waals surface area contributed by atoms with Crippen LogP contribution in [0.5, 0.6) is 5.75 Å². The van der Waals surface area contributed by atoms with Gasteiger partial charge in [-0.15, -0.1) is 0 Å². The Kier molecular flexibility index (Phi) is 4.72. The highest BCUT2D eigenvalue weighted by atomic mass is 19.4. The predicted octanol–water partition coefficient (Wildman–Crippen LogP) is 2.02. The van der Waals surface area contributed by atoms with Gasteiger partial charge in [-0.05, 0) is 24.3 Å². The van der Waals surface area contributed by atoms with Crippen LogP contribution in [-0.4, -0.2) is 61.7 Å². The molecule has 0 spiro atoms. The number of benzene rings is 1. The monoisotopic (exact) mass is 302 g/mol.